The third-order valence-electron chi connectivity index (χ3n) is 5.84. The third kappa shape index (κ3) is 4.59. The van der Waals surface area contributed by atoms with E-state index in [0.29, 0.717) is 43.9 Å². The predicted molar refractivity (Wildman–Crippen MR) is 131 cm³/mol. The van der Waals surface area contributed by atoms with Crippen LogP contribution in [-0.2, 0) is 6.54 Å². The molecule has 4 aromatic rings. The summed E-state index contributed by atoms with van der Waals surface area (Å²) in [6, 6.07) is 7.51. The molecule has 8 nitrogen and oxygen atoms in total. The van der Waals surface area contributed by atoms with Gasteiger partial charge in [-0.15, -0.1) is 22.7 Å². The molecule has 172 valence electrons. The van der Waals surface area contributed by atoms with Crippen LogP contribution in [0.2, 0.25) is 0 Å². The number of piperazine rings is 1. The van der Waals surface area contributed by atoms with Crippen LogP contribution in [0.25, 0.3) is 20.7 Å². The Morgan fingerprint density at radius 2 is 2.06 bits per heavy atom. The second-order valence-electron chi connectivity index (χ2n) is 8.20. The van der Waals surface area contributed by atoms with E-state index in [1.807, 2.05) is 53.8 Å². The Bertz CT molecular complexity index is 1320. The van der Waals surface area contributed by atoms with Crippen LogP contribution < -0.4 is 10.9 Å². The highest BCUT2D eigenvalue weighted by atomic mass is 32.1. The second kappa shape index (κ2) is 9.12. The van der Waals surface area contributed by atoms with Gasteiger partial charge in [0.25, 0.3) is 5.56 Å². The van der Waals surface area contributed by atoms with Crippen molar-refractivity contribution < 1.29 is 9.21 Å². The van der Waals surface area contributed by atoms with Crippen LogP contribution in [0, 0.1) is 6.92 Å². The number of rotatable bonds is 5. The Labute approximate surface area is 198 Å². The van der Waals surface area contributed by atoms with Crippen molar-refractivity contribution in [2.75, 3.05) is 26.2 Å². The van der Waals surface area contributed by atoms with Crippen LogP contribution in [0.15, 0.2) is 44.2 Å². The van der Waals surface area contributed by atoms with E-state index in [2.05, 4.69) is 15.2 Å². The molecule has 1 saturated heterocycles. The molecule has 0 saturated carbocycles. The number of aryl methyl sites for hydroxylation is 1. The highest BCUT2D eigenvalue weighted by Crippen LogP contribution is 2.33. The van der Waals surface area contributed by atoms with Gasteiger partial charge in [0.05, 0.1) is 18.0 Å². The van der Waals surface area contributed by atoms with E-state index in [-0.39, 0.29) is 17.6 Å². The number of aromatic amines is 1. The summed E-state index contributed by atoms with van der Waals surface area (Å²) in [6.07, 6.45) is 0. The van der Waals surface area contributed by atoms with Crippen molar-refractivity contribution >= 4 is 38.9 Å². The lowest BCUT2D eigenvalue weighted by molar-refractivity contribution is 0.131. The molecule has 0 aliphatic carbocycles. The largest absolute Gasteiger partial charge is 0.464 e. The molecule has 2 amide bonds. The number of hydrogen-bond acceptors (Lipinski definition) is 7. The van der Waals surface area contributed by atoms with E-state index < -0.39 is 0 Å². The van der Waals surface area contributed by atoms with E-state index in [1.165, 1.54) is 11.3 Å². The van der Waals surface area contributed by atoms with E-state index >= 15 is 0 Å². The first kappa shape index (κ1) is 21.9. The third-order valence-corrected chi connectivity index (χ3v) is 7.62. The maximum absolute atomic E-state index is 12.8. The van der Waals surface area contributed by atoms with Crippen molar-refractivity contribution in [3.8, 4) is 10.4 Å². The molecule has 0 aromatic carbocycles. The second-order valence-corrected chi connectivity index (χ2v) is 10.0. The monoisotopic (exact) mass is 483 g/mol. The Kier molecular flexibility index (Phi) is 6.05. The quantitative estimate of drug-likeness (QED) is 0.444. The minimum atomic E-state index is -0.185. The lowest BCUT2D eigenvalue weighted by Gasteiger charge is -2.34. The van der Waals surface area contributed by atoms with Gasteiger partial charge in [-0.25, -0.2) is 9.78 Å². The van der Waals surface area contributed by atoms with Gasteiger partial charge in [0.15, 0.2) is 0 Å². The topological polar surface area (TPSA) is 94.5 Å². The zero-order valence-electron chi connectivity index (χ0n) is 18.5. The predicted octanol–water partition coefficient (Wildman–Crippen LogP) is 4.20. The van der Waals surface area contributed by atoms with Gasteiger partial charge in [0.1, 0.15) is 22.2 Å². The molecule has 1 fully saturated rings. The lowest BCUT2D eigenvalue weighted by Crippen LogP contribution is -2.51. The van der Waals surface area contributed by atoms with E-state index in [9.17, 15) is 9.59 Å². The zero-order valence-corrected chi connectivity index (χ0v) is 20.1. The van der Waals surface area contributed by atoms with Crippen molar-refractivity contribution in [1.82, 2.24) is 25.1 Å². The number of thiophene rings is 2. The summed E-state index contributed by atoms with van der Waals surface area (Å²) in [5.41, 5.74) is 0.851. The lowest BCUT2D eigenvalue weighted by atomic mass is 10.2. The average molecular weight is 484 g/mol. The van der Waals surface area contributed by atoms with Crippen LogP contribution in [0.5, 0.6) is 0 Å². The number of fused-ring (bicyclic) bond motifs is 1. The Hall–Kier alpha value is -2.95. The van der Waals surface area contributed by atoms with Crippen molar-refractivity contribution in [3.63, 3.8) is 0 Å². The SMILES string of the molecule is Cc1ccc(C(C)NC(=O)N2CCN(Cc3nc4scc(-c5cccs5)c4c(=O)[nH]3)CC2)o1. The van der Waals surface area contributed by atoms with Crippen molar-refractivity contribution in [2.24, 2.45) is 0 Å². The number of carbonyl (C=O) groups excluding carboxylic acids is 1. The van der Waals surface area contributed by atoms with Gasteiger partial charge < -0.3 is 19.6 Å². The standard InChI is InChI=1S/C23H25N5O3S2/c1-14-5-6-17(31-14)15(2)24-23(30)28-9-7-27(8-10-28)12-19-25-21(29)20-16(13-33-22(20)26-19)18-4-3-11-32-18/h3-6,11,13,15H,7-10,12H2,1-2H3,(H,24,30)(H,25,26,29). The molecule has 1 aliphatic heterocycles. The maximum Gasteiger partial charge on any atom is 0.318 e. The first-order chi connectivity index (χ1) is 16.0. The molecule has 1 aliphatic rings. The number of amides is 2. The average Bonchev–Trinajstić information content (AvgIpc) is 3.54. The summed E-state index contributed by atoms with van der Waals surface area (Å²) < 4.78 is 5.60. The minimum absolute atomic E-state index is 0.0937. The number of aromatic nitrogens is 2. The summed E-state index contributed by atoms with van der Waals surface area (Å²) in [4.78, 5) is 39.0. The molecule has 1 unspecified atom stereocenters. The molecular weight excluding hydrogens is 458 g/mol. The van der Waals surface area contributed by atoms with E-state index in [4.69, 9.17) is 9.40 Å². The highest BCUT2D eigenvalue weighted by molar-refractivity contribution is 7.18. The molecule has 10 heteroatoms. The van der Waals surface area contributed by atoms with Gasteiger partial charge in [-0.2, -0.15) is 0 Å². The number of nitrogens with one attached hydrogen (secondary N) is 2. The smallest absolute Gasteiger partial charge is 0.318 e. The van der Waals surface area contributed by atoms with Gasteiger partial charge in [0.2, 0.25) is 0 Å². The van der Waals surface area contributed by atoms with Gasteiger partial charge in [0, 0.05) is 42.0 Å². The van der Waals surface area contributed by atoms with Crippen LogP contribution in [0.1, 0.15) is 30.3 Å². The first-order valence-corrected chi connectivity index (χ1v) is 12.6. The number of hydrogen-bond donors (Lipinski definition) is 2. The first-order valence-electron chi connectivity index (χ1n) is 10.9. The van der Waals surface area contributed by atoms with Gasteiger partial charge in [-0.05, 0) is 37.4 Å². The Morgan fingerprint density at radius 1 is 1.24 bits per heavy atom. The molecule has 5 heterocycles. The molecule has 4 aromatic heterocycles. The molecule has 5 rings (SSSR count). The molecule has 1 atom stereocenters. The summed E-state index contributed by atoms with van der Waals surface area (Å²) >= 11 is 3.12. The number of urea groups is 1. The fourth-order valence-electron chi connectivity index (χ4n) is 4.04. The van der Waals surface area contributed by atoms with Crippen LogP contribution in [-0.4, -0.2) is 52.0 Å². The van der Waals surface area contributed by atoms with Crippen LogP contribution >= 0.6 is 22.7 Å². The highest BCUT2D eigenvalue weighted by Gasteiger charge is 2.24. The van der Waals surface area contributed by atoms with Gasteiger partial charge in [-0.3, -0.25) is 9.69 Å². The van der Waals surface area contributed by atoms with Crippen molar-refractivity contribution in [1.29, 1.82) is 0 Å². The number of carbonyl (C=O) groups is 1. The summed E-state index contributed by atoms with van der Waals surface area (Å²) in [6.45, 7) is 7.02. The van der Waals surface area contributed by atoms with Crippen molar-refractivity contribution in [2.45, 2.75) is 26.4 Å². The minimum Gasteiger partial charge on any atom is -0.464 e. The molecule has 0 bridgehead atoms. The van der Waals surface area contributed by atoms with E-state index in [1.54, 1.807) is 11.3 Å². The number of H-pyrrole nitrogens is 1. The molecule has 0 radical (unpaired) electrons. The fourth-order valence-corrected chi connectivity index (χ4v) is 5.82. The van der Waals surface area contributed by atoms with E-state index in [0.717, 1.165) is 26.8 Å². The maximum atomic E-state index is 12.8. The number of furan rings is 1. The normalized spacial score (nSPS) is 15.8. The van der Waals surface area contributed by atoms with Crippen molar-refractivity contribution in [3.05, 3.63) is 62.7 Å². The Balaban J connectivity index is 1.20. The summed E-state index contributed by atoms with van der Waals surface area (Å²) in [5, 5.41) is 7.68. The van der Waals surface area contributed by atoms with Crippen LogP contribution in [0.4, 0.5) is 4.79 Å². The van der Waals surface area contributed by atoms with Gasteiger partial charge >= 0.3 is 6.03 Å². The summed E-state index contributed by atoms with van der Waals surface area (Å²) in [7, 11) is 0. The molecule has 0 spiro atoms. The number of nitrogens with zero attached hydrogens (tertiary/aromatic N) is 3. The molecule has 33 heavy (non-hydrogen) atoms. The molecule has 2 N–H and O–H groups in total. The Morgan fingerprint density at radius 3 is 2.76 bits per heavy atom. The fraction of sp³-hybridized carbons (Fsp3) is 0.348. The van der Waals surface area contributed by atoms with Gasteiger partial charge in [-0.1, -0.05) is 6.07 Å². The van der Waals surface area contributed by atoms with Crippen LogP contribution in [0.3, 0.4) is 0 Å². The zero-order chi connectivity index (χ0) is 22.9. The summed E-state index contributed by atoms with van der Waals surface area (Å²) in [5.74, 6) is 2.24. The molecular formula is C23H25N5O3S2.